The standard InChI is InChI=1S/C14H27N5O/c1-4-8-11-12(15)13(18-17-11)14(20)16-9-7-10-19(5-2)6-3/h4-10,15H2,1-3H3,(H,16,20)(H,17,18). The third-order valence-corrected chi connectivity index (χ3v) is 3.43. The Morgan fingerprint density at radius 2 is 2.05 bits per heavy atom. The molecule has 1 aromatic heterocycles. The molecule has 0 atom stereocenters. The lowest BCUT2D eigenvalue weighted by Crippen LogP contribution is -2.30. The first-order valence-electron chi connectivity index (χ1n) is 7.47. The number of nitrogen functional groups attached to an aromatic ring is 1. The Balaban J connectivity index is 2.39. The molecule has 0 aliphatic carbocycles. The van der Waals surface area contributed by atoms with Crippen molar-refractivity contribution in [2.45, 2.75) is 40.0 Å². The first-order chi connectivity index (χ1) is 9.63. The second-order valence-corrected chi connectivity index (χ2v) is 4.85. The first-order valence-corrected chi connectivity index (χ1v) is 7.47. The van der Waals surface area contributed by atoms with Crippen molar-refractivity contribution in [1.82, 2.24) is 20.4 Å². The third-order valence-electron chi connectivity index (χ3n) is 3.43. The van der Waals surface area contributed by atoms with Crippen LogP contribution in [0.15, 0.2) is 0 Å². The largest absolute Gasteiger partial charge is 0.395 e. The van der Waals surface area contributed by atoms with Gasteiger partial charge in [-0.3, -0.25) is 9.89 Å². The van der Waals surface area contributed by atoms with Crippen molar-refractivity contribution < 1.29 is 4.79 Å². The number of amides is 1. The van der Waals surface area contributed by atoms with Crippen LogP contribution in [0.3, 0.4) is 0 Å². The summed E-state index contributed by atoms with van der Waals surface area (Å²) >= 11 is 0. The van der Waals surface area contributed by atoms with Crippen LogP contribution in [0.5, 0.6) is 0 Å². The minimum atomic E-state index is -0.194. The van der Waals surface area contributed by atoms with Gasteiger partial charge in [-0.15, -0.1) is 0 Å². The molecule has 1 rings (SSSR count). The predicted molar refractivity (Wildman–Crippen MR) is 81.7 cm³/mol. The number of hydrogen-bond donors (Lipinski definition) is 3. The second kappa shape index (κ2) is 8.58. The summed E-state index contributed by atoms with van der Waals surface area (Å²) in [7, 11) is 0. The molecule has 0 unspecified atom stereocenters. The van der Waals surface area contributed by atoms with Gasteiger partial charge in [-0.2, -0.15) is 5.10 Å². The predicted octanol–water partition coefficient (Wildman–Crippen LogP) is 1.41. The van der Waals surface area contributed by atoms with Gasteiger partial charge in [-0.1, -0.05) is 27.2 Å². The van der Waals surface area contributed by atoms with Crippen LogP contribution in [0.25, 0.3) is 0 Å². The maximum atomic E-state index is 12.0. The van der Waals surface area contributed by atoms with Gasteiger partial charge in [0.15, 0.2) is 5.69 Å². The SMILES string of the molecule is CCCc1[nH]nc(C(=O)NCCCN(CC)CC)c1N. The van der Waals surface area contributed by atoms with Gasteiger partial charge in [0.1, 0.15) is 0 Å². The molecule has 0 saturated heterocycles. The zero-order chi connectivity index (χ0) is 15.0. The Morgan fingerprint density at radius 3 is 2.65 bits per heavy atom. The summed E-state index contributed by atoms with van der Waals surface area (Å²) in [5, 5.41) is 9.72. The lowest BCUT2D eigenvalue weighted by atomic mass is 10.2. The van der Waals surface area contributed by atoms with Gasteiger partial charge in [0.2, 0.25) is 0 Å². The number of rotatable bonds is 9. The van der Waals surface area contributed by atoms with E-state index in [1.165, 1.54) is 0 Å². The zero-order valence-electron chi connectivity index (χ0n) is 12.8. The molecule has 6 heteroatoms. The van der Waals surface area contributed by atoms with Gasteiger partial charge in [0.25, 0.3) is 5.91 Å². The molecule has 0 aliphatic heterocycles. The van der Waals surface area contributed by atoms with Crippen LogP contribution in [-0.4, -0.2) is 47.2 Å². The van der Waals surface area contributed by atoms with Crippen molar-refractivity contribution >= 4 is 11.6 Å². The minimum Gasteiger partial charge on any atom is -0.395 e. The summed E-state index contributed by atoms with van der Waals surface area (Å²) in [6.07, 6.45) is 2.71. The highest BCUT2D eigenvalue weighted by Gasteiger charge is 2.16. The fourth-order valence-corrected chi connectivity index (χ4v) is 2.13. The maximum Gasteiger partial charge on any atom is 0.273 e. The van der Waals surface area contributed by atoms with Crippen molar-refractivity contribution in [2.24, 2.45) is 0 Å². The molecule has 4 N–H and O–H groups in total. The van der Waals surface area contributed by atoms with E-state index >= 15 is 0 Å². The highest BCUT2D eigenvalue weighted by molar-refractivity contribution is 5.97. The van der Waals surface area contributed by atoms with Crippen molar-refractivity contribution in [1.29, 1.82) is 0 Å². The monoisotopic (exact) mass is 281 g/mol. The highest BCUT2D eigenvalue weighted by Crippen LogP contribution is 2.15. The molecule has 0 radical (unpaired) electrons. The molecule has 1 heterocycles. The summed E-state index contributed by atoms with van der Waals surface area (Å²) in [6.45, 7) is 10.1. The molecule has 0 aliphatic rings. The van der Waals surface area contributed by atoms with E-state index in [1.54, 1.807) is 0 Å². The van der Waals surface area contributed by atoms with Crippen LogP contribution in [0.1, 0.15) is 49.8 Å². The Kier molecular flexibility index (Phi) is 7.08. The summed E-state index contributed by atoms with van der Waals surface area (Å²) in [6, 6.07) is 0. The number of hydrogen-bond acceptors (Lipinski definition) is 4. The average Bonchev–Trinajstić information content (AvgIpc) is 2.81. The Bertz CT molecular complexity index is 412. The van der Waals surface area contributed by atoms with E-state index in [9.17, 15) is 4.79 Å². The molecule has 0 spiro atoms. The van der Waals surface area contributed by atoms with Crippen LogP contribution in [0.4, 0.5) is 5.69 Å². The van der Waals surface area contributed by atoms with Crippen LogP contribution in [0.2, 0.25) is 0 Å². The van der Waals surface area contributed by atoms with E-state index in [-0.39, 0.29) is 5.91 Å². The number of carbonyl (C=O) groups is 1. The first kappa shape index (κ1) is 16.5. The third kappa shape index (κ3) is 4.52. The maximum absolute atomic E-state index is 12.0. The molecule has 0 fully saturated rings. The van der Waals surface area contributed by atoms with Gasteiger partial charge in [0.05, 0.1) is 11.4 Å². The average molecular weight is 281 g/mol. The van der Waals surface area contributed by atoms with Crippen LogP contribution in [0, 0.1) is 0 Å². The van der Waals surface area contributed by atoms with Crippen LogP contribution in [-0.2, 0) is 6.42 Å². The van der Waals surface area contributed by atoms with Crippen molar-refractivity contribution in [2.75, 3.05) is 31.9 Å². The molecule has 114 valence electrons. The molecule has 1 amide bonds. The minimum absolute atomic E-state index is 0.194. The van der Waals surface area contributed by atoms with Gasteiger partial charge in [-0.25, -0.2) is 0 Å². The van der Waals surface area contributed by atoms with Gasteiger partial charge < -0.3 is 16.0 Å². The molecule has 0 aromatic carbocycles. The van der Waals surface area contributed by atoms with E-state index in [0.717, 1.165) is 44.6 Å². The molecular weight excluding hydrogens is 254 g/mol. The zero-order valence-corrected chi connectivity index (χ0v) is 12.8. The molecule has 1 aromatic rings. The highest BCUT2D eigenvalue weighted by atomic mass is 16.1. The topological polar surface area (TPSA) is 87.0 Å². The number of anilines is 1. The lowest BCUT2D eigenvalue weighted by molar-refractivity contribution is 0.0947. The number of nitrogens with one attached hydrogen (secondary N) is 2. The van der Waals surface area contributed by atoms with Gasteiger partial charge >= 0.3 is 0 Å². The lowest BCUT2D eigenvalue weighted by Gasteiger charge is -2.17. The van der Waals surface area contributed by atoms with Gasteiger partial charge in [-0.05, 0) is 32.5 Å². The second-order valence-electron chi connectivity index (χ2n) is 4.85. The van der Waals surface area contributed by atoms with Crippen LogP contribution < -0.4 is 11.1 Å². The molecule has 0 bridgehead atoms. The Hall–Kier alpha value is -1.56. The smallest absolute Gasteiger partial charge is 0.273 e. The number of aromatic amines is 1. The van der Waals surface area contributed by atoms with Gasteiger partial charge in [0, 0.05) is 6.54 Å². The quantitative estimate of drug-likeness (QED) is 0.597. The summed E-state index contributed by atoms with van der Waals surface area (Å²) in [5.74, 6) is -0.194. The number of nitrogens with two attached hydrogens (primary N) is 1. The van der Waals surface area contributed by atoms with Crippen molar-refractivity contribution in [3.8, 4) is 0 Å². The number of aryl methyl sites for hydroxylation is 1. The van der Waals surface area contributed by atoms with E-state index in [4.69, 9.17) is 5.73 Å². The summed E-state index contributed by atoms with van der Waals surface area (Å²) < 4.78 is 0. The Morgan fingerprint density at radius 1 is 1.35 bits per heavy atom. The van der Waals surface area contributed by atoms with Crippen molar-refractivity contribution in [3.63, 3.8) is 0 Å². The molecule has 20 heavy (non-hydrogen) atoms. The van der Waals surface area contributed by atoms with E-state index in [1.807, 2.05) is 0 Å². The fraction of sp³-hybridized carbons (Fsp3) is 0.714. The number of H-pyrrole nitrogens is 1. The van der Waals surface area contributed by atoms with Crippen molar-refractivity contribution in [3.05, 3.63) is 11.4 Å². The fourth-order valence-electron chi connectivity index (χ4n) is 2.13. The number of aromatic nitrogens is 2. The van der Waals surface area contributed by atoms with E-state index in [0.29, 0.717) is 17.9 Å². The Labute approximate surface area is 121 Å². The summed E-state index contributed by atoms with van der Waals surface area (Å²) in [5.41, 5.74) is 7.57. The normalized spacial score (nSPS) is 11.0. The molecular formula is C14H27N5O. The molecule has 6 nitrogen and oxygen atoms in total. The van der Waals surface area contributed by atoms with Crippen LogP contribution >= 0.6 is 0 Å². The number of carbonyl (C=O) groups excluding carboxylic acids is 1. The molecule has 0 saturated carbocycles. The summed E-state index contributed by atoms with van der Waals surface area (Å²) in [4.78, 5) is 14.3. The van der Waals surface area contributed by atoms with E-state index < -0.39 is 0 Å². The number of nitrogens with zero attached hydrogens (tertiary/aromatic N) is 2. The van der Waals surface area contributed by atoms with E-state index in [2.05, 4.69) is 41.2 Å².